The number of para-hydroxylation sites is 1. The highest BCUT2D eigenvalue weighted by Gasteiger charge is 2.31. The van der Waals surface area contributed by atoms with Crippen LogP contribution in [-0.4, -0.2) is 18.3 Å². The van der Waals surface area contributed by atoms with E-state index in [0.29, 0.717) is 0 Å². The Morgan fingerprint density at radius 1 is 1.40 bits per heavy atom. The fraction of sp³-hybridized carbons (Fsp3) is 0.222. The molecule has 2 rings (SSSR count). The zero-order valence-electron chi connectivity index (χ0n) is 7.99. The number of anilines is 1. The van der Waals surface area contributed by atoms with Crippen LogP contribution in [0.15, 0.2) is 29.2 Å². The van der Waals surface area contributed by atoms with Crippen molar-refractivity contribution in [1.82, 2.24) is 0 Å². The summed E-state index contributed by atoms with van der Waals surface area (Å²) in [7, 11) is -4.05. The van der Waals surface area contributed by atoms with E-state index in [2.05, 4.69) is 0 Å². The molecule has 15 heavy (non-hydrogen) atoms. The second-order valence-corrected chi connectivity index (χ2v) is 5.81. The summed E-state index contributed by atoms with van der Waals surface area (Å²) in [6, 6.07) is 7.46. The Balaban J connectivity index is 2.36. The van der Waals surface area contributed by atoms with Gasteiger partial charge in [-0.1, -0.05) is 23.9 Å². The molecule has 1 unspecified atom stereocenters. The molecule has 0 fully saturated rings. The van der Waals surface area contributed by atoms with E-state index in [9.17, 15) is 8.42 Å². The highest BCUT2D eigenvalue weighted by Crippen LogP contribution is 2.42. The molecular formula is C9H10NO3S2. The topological polar surface area (TPSA) is 57.6 Å². The molecule has 81 valence electrons. The maximum Gasteiger partial charge on any atom is 0.286 e. The minimum atomic E-state index is -4.05. The lowest BCUT2D eigenvalue weighted by Gasteiger charge is -2.22. The van der Waals surface area contributed by atoms with Gasteiger partial charge in [-0.15, -0.1) is 0 Å². The molecule has 1 N–H and O–H groups in total. The normalized spacial score (nSPS) is 17.6. The second-order valence-electron chi connectivity index (χ2n) is 3.21. The van der Waals surface area contributed by atoms with Crippen LogP contribution in [0.3, 0.4) is 0 Å². The van der Waals surface area contributed by atoms with Crippen LogP contribution in [0.5, 0.6) is 0 Å². The predicted octanol–water partition coefficient (Wildman–Crippen LogP) is 1.95. The Bertz CT molecular complexity index is 472. The van der Waals surface area contributed by atoms with Crippen molar-refractivity contribution < 1.29 is 13.0 Å². The summed E-state index contributed by atoms with van der Waals surface area (Å²) in [5.74, 6) is 1.70. The lowest BCUT2D eigenvalue weighted by Crippen LogP contribution is -2.34. The number of benzene rings is 1. The fourth-order valence-electron chi connectivity index (χ4n) is 1.37. The van der Waals surface area contributed by atoms with E-state index < -0.39 is 15.5 Å². The van der Waals surface area contributed by atoms with Crippen molar-refractivity contribution in [2.75, 3.05) is 4.90 Å². The second kappa shape index (κ2) is 3.70. The molecule has 1 aliphatic rings. The molecule has 1 radical (unpaired) electrons. The van der Waals surface area contributed by atoms with Gasteiger partial charge in [0.25, 0.3) is 10.1 Å². The van der Waals surface area contributed by atoms with Crippen LogP contribution in [0.25, 0.3) is 0 Å². The highest BCUT2D eigenvalue weighted by molar-refractivity contribution is 8.02. The minimum Gasteiger partial charge on any atom is -0.337 e. The maximum atomic E-state index is 11.0. The Morgan fingerprint density at radius 2 is 2.07 bits per heavy atom. The lowest BCUT2D eigenvalue weighted by molar-refractivity contribution is 0.470. The van der Waals surface area contributed by atoms with Gasteiger partial charge in [-0.3, -0.25) is 4.55 Å². The van der Waals surface area contributed by atoms with Gasteiger partial charge in [0.05, 0.1) is 5.69 Å². The Kier molecular flexibility index (Phi) is 2.66. The number of hydrogen-bond acceptors (Lipinski definition) is 4. The van der Waals surface area contributed by atoms with Gasteiger partial charge in [-0.25, -0.2) is 0 Å². The Labute approximate surface area is 93.0 Å². The van der Waals surface area contributed by atoms with Crippen LogP contribution < -0.4 is 4.90 Å². The molecule has 0 spiro atoms. The molecule has 1 atom stereocenters. The van der Waals surface area contributed by atoms with Crippen LogP contribution in [0.2, 0.25) is 0 Å². The number of fused-ring (bicyclic) bond motifs is 1. The molecule has 0 saturated heterocycles. The van der Waals surface area contributed by atoms with Gasteiger partial charge < -0.3 is 4.90 Å². The summed E-state index contributed by atoms with van der Waals surface area (Å²) in [5, 5.41) is -0.950. The van der Waals surface area contributed by atoms with Crippen molar-refractivity contribution in [2.45, 2.75) is 17.2 Å². The molecule has 0 aliphatic carbocycles. The predicted molar refractivity (Wildman–Crippen MR) is 60.1 cm³/mol. The Hall–Kier alpha value is -0.720. The molecule has 6 heteroatoms. The molecule has 0 bridgehead atoms. The first-order valence-corrected chi connectivity index (χ1v) is 6.72. The smallest absolute Gasteiger partial charge is 0.286 e. The summed E-state index contributed by atoms with van der Waals surface area (Å²) >= 11 is 1.45. The van der Waals surface area contributed by atoms with Gasteiger partial charge in [0, 0.05) is 4.90 Å². The van der Waals surface area contributed by atoms with Gasteiger partial charge in [-0.05, 0) is 19.1 Å². The molecule has 0 aromatic heterocycles. The van der Waals surface area contributed by atoms with Gasteiger partial charge in [0.2, 0.25) is 0 Å². The number of thioether (sulfide) groups is 1. The van der Waals surface area contributed by atoms with E-state index in [1.165, 1.54) is 18.7 Å². The van der Waals surface area contributed by atoms with E-state index in [1.807, 2.05) is 24.3 Å². The third kappa shape index (κ3) is 1.97. The van der Waals surface area contributed by atoms with Crippen molar-refractivity contribution in [1.29, 1.82) is 0 Å². The zero-order valence-corrected chi connectivity index (χ0v) is 9.62. The Morgan fingerprint density at radius 3 is 2.73 bits per heavy atom. The van der Waals surface area contributed by atoms with Crippen molar-refractivity contribution in [2.24, 2.45) is 0 Å². The molecule has 1 aliphatic heterocycles. The number of hydrogen-bond donors (Lipinski definition) is 1. The maximum absolute atomic E-state index is 11.0. The molecule has 4 nitrogen and oxygen atoms in total. The standard InChI is InChI=1S/C9H10NO3S2/c1-7(15(11,12)13)10-6-14-9-5-3-2-4-8(9)10/h2-7H,1H3,(H,11,12,13). The number of rotatable bonds is 2. The monoisotopic (exact) mass is 244 g/mol. The third-order valence-electron chi connectivity index (χ3n) is 2.26. The van der Waals surface area contributed by atoms with E-state index in [4.69, 9.17) is 4.55 Å². The quantitative estimate of drug-likeness (QED) is 0.806. The van der Waals surface area contributed by atoms with Crippen LogP contribution in [-0.2, 0) is 10.1 Å². The van der Waals surface area contributed by atoms with Crippen molar-refractivity contribution in [3.63, 3.8) is 0 Å². The lowest BCUT2D eigenvalue weighted by atomic mass is 10.3. The first-order valence-electron chi connectivity index (χ1n) is 4.34. The summed E-state index contributed by atoms with van der Waals surface area (Å²) in [4.78, 5) is 2.54. The molecule has 1 aromatic carbocycles. The van der Waals surface area contributed by atoms with Gasteiger partial charge in [0.15, 0.2) is 5.37 Å². The summed E-state index contributed by atoms with van der Waals surface area (Å²) in [5.41, 5.74) is 0.813. The van der Waals surface area contributed by atoms with E-state index in [1.54, 1.807) is 10.8 Å². The van der Waals surface area contributed by atoms with E-state index in [0.717, 1.165) is 10.6 Å². The van der Waals surface area contributed by atoms with Gasteiger partial charge in [0.1, 0.15) is 5.88 Å². The first kappa shape index (κ1) is 10.8. The van der Waals surface area contributed by atoms with Crippen LogP contribution in [0.4, 0.5) is 5.69 Å². The molecule has 1 heterocycles. The van der Waals surface area contributed by atoms with Crippen LogP contribution >= 0.6 is 11.8 Å². The molecule has 0 saturated carbocycles. The van der Waals surface area contributed by atoms with Crippen LogP contribution in [0, 0.1) is 5.88 Å². The summed E-state index contributed by atoms with van der Waals surface area (Å²) in [6.07, 6.45) is 0. The van der Waals surface area contributed by atoms with E-state index in [-0.39, 0.29) is 0 Å². The van der Waals surface area contributed by atoms with E-state index >= 15 is 0 Å². The van der Waals surface area contributed by atoms with Crippen molar-refractivity contribution in [3.05, 3.63) is 30.1 Å². The molecule has 1 aromatic rings. The average Bonchev–Trinajstić information content (AvgIpc) is 2.58. The third-order valence-corrected chi connectivity index (χ3v) is 4.28. The summed E-state index contributed by atoms with van der Waals surface area (Å²) < 4.78 is 31.0. The SMILES string of the molecule is CC(N1[CH]Sc2ccccc21)S(=O)(=O)O. The van der Waals surface area contributed by atoms with Crippen molar-refractivity contribution >= 4 is 27.6 Å². The zero-order chi connectivity index (χ0) is 11.1. The number of nitrogens with zero attached hydrogens (tertiary/aromatic N) is 1. The highest BCUT2D eigenvalue weighted by atomic mass is 32.2. The van der Waals surface area contributed by atoms with Crippen molar-refractivity contribution in [3.8, 4) is 0 Å². The summed E-state index contributed by atoms with van der Waals surface area (Å²) in [6.45, 7) is 1.45. The molecular weight excluding hydrogens is 234 g/mol. The largest absolute Gasteiger partial charge is 0.337 e. The van der Waals surface area contributed by atoms with Gasteiger partial charge >= 0.3 is 0 Å². The van der Waals surface area contributed by atoms with Gasteiger partial charge in [-0.2, -0.15) is 8.42 Å². The minimum absolute atomic E-state index is 0.813. The average molecular weight is 244 g/mol. The molecule has 0 amide bonds. The first-order chi connectivity index (χ1) is 7.00. The fourth-order valence-corrected chi connectivity index (χ4v) is 2.88. The van der Waals surface area contributed by atoms with Crippen LogP contribution in [0.1, 0.15) is 6.92 Å².